The molecule has 0 aromatic carbocycles. The molecule has 3 rings (SSSR count). The van der Waals surface area contributed by atoms with Gasteiger partial charge in [-0.15, -0.1) is 0 Å². The first-order valence-electron chi connectivity index (χ1n) is 31.4. The number of aliphatic hydroxyl groups is 11. The summed E-state index contributed by atoms with van der Waals surface area (Å²) in [5.74, 6) is -0.281. The summed E-state index contributed by atoms with van der Waals surface area (Å²) < 4.78 is 34.2. The van der Waals surface area contributed by atoms with Crippen LogP contribution in [0.2, 0.25) is 0 Å². The summed E-state index contributed by atoms with van der Waals surface area (Å²) in [7, 11) is 0. The zero-order valence-electron chi connectivity index (χ0n) is 48.6. The summed E-state index contributed by atoms with van der Waals surface area (Å²) in [5, 5.41) is 120. The number of allylic oxidation sites excluding steroid dienone is 1. The van der Waals surface area contributed by atoms with Gasteiger partial charge < -0.3 is 89.9 Å². The summed E-state index contributed by atoms with van der Waals surface area (Å²) in [6.07, 6.45) is 18.2. The number of ether oxygens (including phenoxy) is 6. The fourth-order valence-electron chi connectivity index (χ4n) is 10.9. The zero-order chi connectivity index (χ0) is 57.6. The number of hydrogen-bond acceptors (Lipinski definition) is 18. The molecule has 3 aliphatic rings. The van der Waals surface area contributed by atoms with Gasteiger partial charge in [0, 0.05) is 6.42 Å². The molecule has 19 heteroatoms. The molecule has 12 N–H and O–H groups in total. The lowest BCUT2D eigenvalue weighted by molar-refractivity contribution is -0.379. The first-order chi connectivity index (χ1) is 38.3. The van der Waals surface area contributed by atoms with E-state index in [9.17, 15) is 61.0 Å². The van der Waals surface area contributed by atoms with Crippen molar-refractivity contribution in [3.63, 3.8) is 0 Å². The number of rotatable bonds is 47. The summed E-state index contributed by atoms with van der Waals surface area (Å²) in [6, 6.07) is -0.965. The van der Waals surface area contributed by atoms with Gasteiger partial charge in [0.15, 0.2) is 18.9 Å². The van der Waals surface area contributed by atoms with Gasteiger partial charge in [-0.3, -0.25) is 4.79 Å². The molecule has 3 fully saturated rings. The molecule has 466 valence electrons. The molecule has 0 aromatic rings. The third kappa shape index (κ3) is 27.9. The highest BCUT2D eigenvalue weighted by Crippen LogP contribution is 2.33. The first kappa shape index (κ1) is 71.8. The van der Waals surface area contributed by atoms with Gasteiger partial charge in [0.25, 0.3) is 0 Å². The smallest absolute Gasteiger partial charge is 0.220 e. The third-order valence-electron chi connectivity index (χ3n) is 16.1. The van der Waals surface area contributed by atoms with Crippen LogP contribution in [-0.4, -0.2) is 193 Å². The maximum absolute atomic E-state index is 13.2. The summed E-state index contributed by atoms with van der Waals surface area (Å²) in [4.78, 5) is 13.2. The second-order valence-electron chi connectivity index (χ2n) is 22.9. The number of hydrogen-bond donors (Lipinski definition) is 12. The Morgan fingerprint density at radius 1 is 0.443 bits per heavy atom. The van der Waals surface area contributed by atoms with E-state index in [0.717, 1.165) is 57.8 Å². The standard InChI is InChI=1S/C60H113NO18/c1-3-5-7-9-11-12-13-14-15-16-17-18-19-20-21-22-23-24-25-26-27-28-29-30-32-33-35-37-44(65)43(61-48(66)38-36-34-31-10-8-6-4-2)42-74-58-54(72)51(69)56(46(40-63)76-58)79-60-55(73)52(70)57(47(41-64)77-60)78-59-53(71)50(68)49(67)45(39-62)75-59/h35,37,43-47,49-60,62-65,67-73H,3-34,36,38-42H2,1-2H3,(H,61,66)/b37-35+. The van der Waals surface area contributed by atoms with Crippen LogP contribution in [0.3, 0.4) is 0 Å². The van der Waals surface area contributed by atoms with Crippen LogP contribution in [0.4, 0.5) is 0 Å². The average Bonchev–Trinajstić information content (AvgIpc) is 3.47. The lowest BCUT2D eigenvalue weighted by atomic mass is 9.96. The molecule has 3 heterocycles. The van der Waals surface area contributed by atoms with Gasteiger partial charge in [-0.1, -0.05) is 219 Å². The molecule has 19 nitrogen and oxygen atoms in total. The van der Waals surface area contributed by atoms with Gasteiger partial charge in [-0.05, 0) is 19.3 Å². The van der Waals surface area contributed by atoms with Gasteiger partial charge in [0.1, 0.15) is 73.2 Å². The Balaban J connectivity index is 1.39. The molecular formula is C60H113NO18. The first-order valence-corrected chi connectivity index (χ1v) is 31.4. The third-order valence-corrected chi connectivity index (χ3v) is 16.1. The molecule has 0 aromatic heterocycles. The number of carbonyl (C=O) groups is 1. The highest BCUT2D eigenvalue weighted by Gasteiger charge is 2.53. The SMILES string of the molecule is CCCCCCCCCCCCCCCCCCCCCCCCCCC/C=C/C(O)C(COC1OC(CO)C(OC2OC(CO)C(OC3OC(CO)C(O)C(O)C3O)C(O)C2O)C(O)C1O)NC(=O)CCCCCCCCC. The Morgan fingerprint density at radius 3 is 1.19 bits per heavy atom. The lowest BCUT2D eigenvalue weighted by Crippen LogP contribution is -2.66. The lowest BCUT2D eigenvalue weighted by Gasteiger charge is -2.48. The summed E-state index contributed by atoms with van der Waals surface area (Å²) in [6.45, 7) is 1.68. The fraction of sp³-hybridized carbons (Fsp3) is 0.950. The molecular weight excluding hydrogens is 1020 g/mol. The molecule has 17 unspecified atom stereocenters. The zero-order valence-corrected chi connectivity index (χ0v) is 48.6. The maximum atomic E-state index is 13.2. The van der Waals surface area contributed by atoms with E-state index in [4.69, 9.17) is 28.4 Å². The van der Waals surface area contributed by atoms with E-state index in [1.54, 1.807) is 6.08 Å². The summed E-state index contributed by atoms with van der Waals surface area (Å²) >= 11 is 0. The minimum atomic E-state index is -1.97. The van der Waals surface area contributed by atoms with Crippen molar-refractivity contribution in [2.24, 2.45) is 0 Å². The monoisotopic (exact) mass is 1140 g/mol. The molecule has 0 bridgehead atoms. The van der Waals surface area contributed by atoms with Crippen molar-refractivity contribution < 1.29 is 89.4 Å². The van der Waals surface area contributed by atoms with Gasteiger partial charge in [-0.2, -0.15) is 0 Å². The largest absolute Gasteiger partial charge is 0.394 e. The highest BCUT2D eigenvalue weighted by molar-refractivity contribution is 5.76. The predicted molar refractivity (Wildman–Crippen MR) is 300 cm³/mol. The molecule has 17 atom stereocenters. The van der Waals surface area contributed by atoms with E-state index < -0.39 is 124 Å². The minimum Gasteiger partial charge on any atom is -0.394 e. The Hall–Kier alpha value is -1.47. The number of carbonyl (C=O) groups excluding carboxylic acids is 1. The van der Waals surface area contributed by atoms with Crippen LogP contribution < -0.4 is 5.32 Å². The quantitative estimate of drug-likeness (QED) is 0.0240. The van der Waals surface area contributed by atoms with E-state index in [0.29, 0.717) is 6.42 Å². The number of amides is 1. The highest BCUT2D eigenvalue weighted by atomic mass is 16.8. The van der Waals surface area contributed by atoms with E-state index in [2.05, 4.69) is 19.2 Å². The van der Waals surface area contributed by atoms with Crippen LogP contribution in [0.15, 0.2) is 12.2 Å². The molecule has 0 saturated carbocycles. The second kappa shape index (κ2) is 44.1. The normalized spacial score (nSPS) is 30.3. The van der Waals surface area contributed by atoms with Crippen molar-refractivity contribution in [3.05, 3.63) is 12.2 Å². The minimum absolute atomic E-state index is 0.245. The number of unbranched alkanes of at least 4 members (excludes halogenated alkanes) is 31. The Bertz CT molecular complexity index is 1500. The van der Waals surface area contributed by atoms with Crippen molar-refractivity contribution >= 4 is 5.91 Å². The molecule has 0 aliphatic carbocycles. The van der Waals surface area contributed by atoms with Crippen LogP contribution >= 0.6 is 0 Å². The molecule has 0 radical (unpaired) electrons. The Kier molecular flexibility index (Phi) is 40.1. The predicted octanol–water partition coefficient (Wildman–Crippen LogP) is 6.16. The summed E-state index contributed by atoms with van der Waals surface area (Å²) in [5.41, 5.74) is 0. The average molecular weight is 1140 g/mol. The van der Waals surface area contributed by atoms with Gasteiger partial charge in [-0.25, -0.2) is 0 Å². The Morgan fingerprint density at radius 2 is 0.785 bits per heavy atom. The number of nitrogens with one attached hydrogen (secondary N) is 1. The van der Waals surface area contributed by atoms with Crippen LogP contribution in [0, 0.1) is 0 Å². The topological polar surface area (TPSA) is 307 Å². The molecule has 1 amide bonds. The van der Waals surface area contributed by atoms with E-state index in [-0.39, 0.29) is 18.9 Å². The van der Waals surface area contributed by atoms with Crippen molar-refractivity contribution in [2.75, 3.05) is 26.4 Å². The molecule has 0 spiro atoms. The van der Waals surface area contributed by atoms with Crippen molar-refractivity contribution in [1.82, 2.24) is 5.32 Å². The van der Waals surface area contributed by atoms with E-state index in [1.165, 1.54) is 148 Å². The van der Waals surface area contributed by atoms with Crippen LogP contribution in [0.25, 0.3) is 0 Å². The van der Waals surface area contributed by atoms with E-state index in [1.807, 2.05) is 6.08 Å². The van der Waals surface area contributed by atoms with Crippen molar-refractivity contribution in [2.45, 2.75) is 336 Å². The van der Waals surface area contributed by atoms with Crippen molar-refractivity contribution in [3.8, 4) is 0 Å². The van der Waals surface area contributed by atoms with Crippen LogP contribution in [0.1, 0.15) is 232 Å². The molecule has 3 saturated heterocycles. The molecule has 79 heavy (non-hydrogen) atoms. The second-order valence-corrected chi connectivity index (χ2v) is 22.9. The van der Waals surface area contributed by atoms with Crippen LogP contribution in [0.5, 0.6) is 0 Å². The van der Waals surface area contributed by atoms with Crippen molar-refractivity contribution in [1.29, 1.82) is 0 Å². The van der Waals surface area contributed by atoms with Gasteiger partial charge in [0.2, 0.25) is 5.91 Å². The maximum Gasteiger partial charge on any atom is 0.220 e. The Labute approximate surface area is 474 Å². The molecule has 3 aliphatic heterocycles. The fourth-order valence-corrected chi connectivity index (χ4v) is 10.9. The van der Waals surface area contributed by atoms with Gasteiger partial charge >= 0.3 is 0 Å². The van der Waals surface area contributed by atoms with Gasteiger partial charge in [0.05, 0.1) is 38.6 Å². The van der Waals surface area contributed by atoms with Crippen LogP contribution in [-0.2, 0) is 33.2 Å². The number of aliphatic hydroxyl groups excluding tert-OH is 11. The van der Waals surface area contributed by atoms with E-state index >= 15 is 0 Å².